The van der Waals surface area contributed by atoms with E-state index < -0.39 is 0 Å². The summed E-state index contributed by atoms with van der Waals surface area (Å²) in [6, 6.07) is 0. The van der Waals surface area contributed by atoms with Gasteiger partial charge in [0, 0.05) is 19.6 Å². The van der Waals surface area contributed by atoms with Crippen molar-refractivity contribution >= 4 is 0 Å². The molecule has 0 aliphatic heterocycles. The van der Waals surface area contributed by atoms with Gasteiger partial charge in [0.05, 0.1) is 0 Å². The van der Waals surface area contributed by atoms with E-state index >= 15 is 0 Å². The van der Waals surface area contributed by atoms with Gasteiger partial charge in [-0.05, 0) is 20.4 Å². The highest BCUT2D eigenvalue weighted by atomic mass is 14.9. The van der Waals surface area contributed by atoms with E-state index in [9.17, 15) is 0 Å². The van der Waals surface area contributed by atoms with E-state index in [4.69, 9.17) is 0 Å². The van der Waals surface area contributed by atoms with Crippen LogP contribution in [0, 0.1) is 0 Å². The van der Waals surface area contributed by atoms with Gasteiger partial charge in [-0.25, -0.2) is 0 Å². The molecule has 0 saturated heterocycles. The zero-order chi connectivity index (χ0) is 8.53. The van der Waals surface area contributed by atoms with Crippen LogP contribution in [0.5, 0.6) is 0 Å². The summed E-state index contributed by atoms with van der Waals surface area (Å²) in [4.78, 5) is 0. The van der Waals surface area contributed by atoms with Gasteiger partial charge in [0.15, 0.2) is 0 Å². The van der Waals surface area contributed by atoms with Crippen molar-refractivity contribution in [3.63, 3.8) is 0 Å². The molecule has 0 heterocycles. The molecule has 0 aromatic carbocycles. The summed E-state index contributed by atoms with van der Waals surface area (Å²) in [5.41, 5.74) is 1.43. The largest absolute Gasteiger partial charge is 0.318 e. The molecule has 0 aliphatic rings. The third-order valence-corrected chi connectivity index (χ3v) is 1.51. The van der Waals surface area contributed by atoms with Crippen molar-refractivity contribution < 1.29 is 0 Å². The van der Waals surface area contributed by atoms with E-state index in [1.54, 1.807) is 0 Å². The van der Waals surface area contributed by atoms with Gasteiger partial charge in [0.2, 0.25) is 0 Å². The van der Waals surface area contributed by atoms with Gasteiger partial charge in [0.25, 0.3) is 0 Å². The van der Waals surface area contributed by atoms with Crippen molar-refractivity contribution in [3.05, 3.63) is 11.6 Å². The van der Waals surface area contributed by atoms with Crippen LogP contribution >= 0.6 is 0 Å². The number of likely N-dealkylation sites (N-methyl/N-ethyl adjacent to an activating group) is 1. The molecule has 66 valence electrons. The lowest BCUT2D eigenvalue weighted by atomic mass is 10.2. The van der Waals surface area contributed by atoms with Crippen LogP contribution in [-0.2, 0) is 0 Å². The molecule has 2 heteroatoms. The first kappa shape index (κ1) is 10.7. The first-order valence-electron chi connectivity index (χ1n) is 4.32. The minimum absolute atomic E-state index is 1.02. The zero-order valence-electron chi connectivity index (χ0n) is 7.91. The fourth-order valence-electron chi connectivity index (χ4n) is 0.920. The molecule has 0 bridgehead atoms. The molecule has 0 spiro atoms. The molecule has 2 nitrogen and oxygen atoms in total. The summed E-state index contributed by atoms with van der Waals surface area (Å²) in [7, 11) is 1.97. The predicted molar refractivity (Wildman–Crippen MR) is 50.8 cm³/mol. The normalized spacial score (nSPS) is 12.1. The fourth-order valence-corrected chi connectivity index (χ4v) is 0.920. The van der Waals surface area contributed by atoms with Gasteiger partial charge in [-0.3, -0.25) is 0 Å². The van der Waals surface area contributed by atoms with Crippen molar-refractivity contribution in [2.24, 2.45) is 0 Å². The van der Waals surface area contributed by atoms with Crippen molar-refractivity contribution in [1.82, 2.24) is 10.6 Å². The third kappa shape index (κ3) is 7.56. The first-order valence-corrected chi connectivity index (χ1v) is 4.32. The number of nitrogens with one attached hydrogen (secondary N) is 2. The summed E-state index contributed by atoms with van der Waals surface area (Å²) < 4.78 is 0. The van der Waals surface area contributed by atoms with Gasteiger partial charge in [-0.15, -0.1) is 0 Å². The average molecular weight is 156 g/mol. The molecule has 0 aromatic heterocycles. The fraction of sp³-hybridized carbons (Fsp3) is 0.778. The van der Waals surface area contributed by atoms with Crippen LogP contribution in [0.15, 0.2) is 11.6 Å². The van der Waals surface area contributed by atoms with E-state index in [0.29, 0.717) is 0 Å². The minimum atomic E-state index is 1.02. The van der Waals surface area contributed by atoms with Crippen LogP contribution in [0.3, 0.4) is 0 Å². The Morgan fingerprint density at radius 2 is 2.09 bits per heavy atom. The maximum absolute atomic E-state index is 3.34. The van der Waals surface area contributed by atoms with Gasteiger partial charge in [-0.2, -0.15) is 0 Å². The summed E-state index contributed by atoms with van der Waals surface area (Å²) in [5.74, 6) is 0. The van der Waals surface area contributed by atoms with Crippen LogP contribution < -0.4 is 10.6 Å². The van der Waals surface area contributed by atoms with E-state index in [0.717, 1.165) is 26.1 Å². The maximum atomic E-state index is 3.34. The highest BCUT2D eigenvalue weighted by Gasteiger charge is 1.86. The second-order valence-electron chi connectivity index (χ2n) is 2.74. The van der Waals surface area contributed by atoms with Gasteiger partial charge in [0.1, 0.15) is 0 Å². The Morgan fingerprint density at radius 1 is 1.36 bits per heavy atom. The van der Waals surface area contributed by atoms with E-state index in [1.807, 2.05) is 7.05 Å². The number of hydrogen-bond donors (Lipinski definition) is 2. The lowest BCUT2D eigenvalue weighted by molar-refractivity contribution is 0.679. The maximum Gasteiger partial charge on any atom is 0.0162 e. The predicted octanol–water partition coefficient (Wildman–Crippen LogP) is 1.15. The van der Waals surface area contributed by atoms with Crippen LogP contribution in [-0.4, -0.2) is 26.7 Å². The molecule has 0 saturated carbocycles. The molecule has 0 unspecified atom stereocenters. The monoisotopic (exact) mass is 156 g/mol. The summed E-state index contributed by atoms with van der Waals surface area (Å²) in [6.07, 6.45) is 3.39. The smallest absolute Gasteiger partial charge is 0.0162 e. The molecule has 0 fully saturated rings. The molecule has 11 heavy (non-hydrogen) atoms. The Kier molecular flexibility index (Phi) is 7.52. The highest BCUT2D eigenvalue weighted by molar-refractivity contribution is 4.99. The Hall–Kier alpha value is -0.340. The van der Waals surface area contributed by atoms with E-state index in [1.165, 1.54) is 5.57 Å². The molecule has 0 atom stereocenters. The molecular weight excluding hydrogens is 136 g/mol. The van der Waals surface area contributed by atoms with Crippen LogP contribution in [0.25, 0.3) is 0 Å². The zero-order valence-corrected chi connectivity index (χ0v) is 7.91. The Morgan fingerprint density at radius 3 is 2.64 bits per heavy atom. The Bertz CT molecular complexity index is 108. The van der Waals surface area contributed by atoms with Crippen LogP contribution in [0.4, 0.5) is 0 Å². The van der Waals surface area contributed by atoms with Crippen molar-refractivity contribution in [3.8, 4) is 0 Å². The standard InChI is InChI=1S/C9H20N2/c1-4-5-9(2)8-11-7-6-10-3/h5,10-11H,4,6-8H2,1-3H3/b9-5+. The summed E-state index contributed by atoms with van der Waals surface area (Å²) in [5, 5.41) is 6.43. The average Bonchev–Trinajstić information content (AvgIpc) is 1.99. The molecule has 0 aliphatic carbocycles. The lowest BCUT2D eigenvalue weighted by Gasteiger charge is -2.03. The topological polar surface area (TPSA) is 24.1 Å². The molecular formula is C9H20N2. The number of allylic oxidation sites excluding steroid dienone is 1. The molecule has 0 rings (SSSR count). The molecule has 0 amide bonds. The van der Waals surface area contributed by atoms with Gasteiger partial charge in [-0.1, -0.05) is 18.6 Å². The van der Waals surface area contributed by atoms with Crippen LogP contribution in [0.1, 0.15) is 20.3 Å². The quantitative estimate of drug-likeness (QED) is 0.445. The lowest BCUT2D eigenvalue weighted by Crippen LogP contribution is -2.26. The van der Waals surface area contributed by atoms with E-state index in [2.05, 4.69) is 30.6 Å². The second kappa shape index (κ2) is 7.76. The Balaban J connectivity index is 3.17. The third-order valence-electron chi connectivity index (χ3n) is 1.51. The minimum Gasteiger partial charge on any atom is -0.318 e. The SMILES string of the molecule is CC/C=C(\C)CNCCNC. The van der Waals surface area contributed by atoms with Crippen molar-refractivity contribution in [1.29, 1.82) is 0 Å². The van der Waals surface area contributed by atoms with Crippen molar-refractivity contribution in [2.75, 3.05) is 26.7 Å². The second-order valence-corrected chi connectivity index (χ2v) is 2.74. The Labute approximate surface area is 70.1 Å². The van der Waals surface area contributed by atoms with Crippen LogP contribution in [0.2, 0.25) is 0 Å². The molecule has 2 N–H and O–H groups in total. The number of rotatable bonds is 6. The number of hydrogen-bond acceptors (Lipinski definition) is 2. The molecule has 0 radical (unpaired) electrons. The van der Waals surface area contributed by atoms with Gasteiger partial charge >= 0.3 is 0 Å². The van der Waals surface area contributed by atoms with E-state index in [-0.39, 0.29) is 0 Å². The summed E-state index contributed by atoms with van der Waals surface area (Å²) >= 11 is 0. The summed E-state index contributed by atoms with van der Waals surface area (Å²) in [6.45, 7) is 7.44. The highest BCUT2D eigenvalue weighted by Crippen LogP contribution is 1.91. The van der Waals surface area contributed by atoms with Crippen molar-refractivity contribution in [2.45, 2.75) is 20.3 Å². The van der Waals surface area contributed by atoms with Gasteiger partial charge < -0.3 is 10.6 Å². The molecule has 0 aromatic rings. The first-order chi connectivity index (χ1) is 5.31.